The van der Waals surface area contributed by atoms with Gasteiger partial charge < -0.3 is 14.6 Å². The molecule has 0 aromatic carbocycles. The number of ether oxygens (including phenoxy) is 2. The number of hydrogen-bond donors (Lipinski definition) is 1. The van der Waals surface area contributed by atoms with E-state index >= 15 is 0 Å². The largest absolute Gasteiger partial charge is 0.481 e. The van der Waals surface area contributed by atoms with E-state index in [1.807, 2.05) is 83.1 Å². The van der Waals surface area contributed by atoms with Crippen LogP contribution in [0.4, 0.5) is 0 Å². The number of carbonyl (C=O) groups is 3. The lowest BCUT2D eigenvalue weighted by atomic mass is 10.8. The van der Waals surface area contributed by atoms with Crippen LogP contribution < -0.4 is 0 Å². The highest BCUT2D eigenvalue weighted by Gasteiger charge is 1.76. The molecule has 0 aliphatic heterocycles. The highest BCUT2D eigenvalue weighted by atomic mass is 16.5. The summed E-state index contributed by atoms with van der Waals surface area (Å²) < 4.78 is 8.22. The molecule has 29 heavy (non-hydrogen) atoms. The van der Waals surface area contributed by atoms with Gasteiger partial charge in [0.2, 0.25) is 0 Å². The summed E-state index contributed by atoms with van der Waals surface area (Å²) in [6.45, 7) is 27.8. The number of esters is 2. The Morgan fingerprint density at radius 2 is 0.517 bits per heavy atom. The molecule has 0 saturated heterocycles. The molecule has 0 aliphatic rings. The van der Waals surface area contributed by atoms with Gasteiger partial charge in [-0.2, -0.15) is 0 Å². The van der Waals surface area contributed by atoms with Gasteiger partial charge in [-0.15, -0.1) is 0 Å². The molecule has 0 spiro atoms. The van der Waals surface area contributed by atoms with E-state index in [4.69, 9.17) is 9.90 Å². The second-order valence-corrected chi connectivity index (χ2v) is 1.91. The molecule has 0 aromatic rings. The van der Waals surface area contributed by atoms with Crippen molar-refractivity contribution in [3.63, 3.8) is 0 Å². The maximum atomic E-state index is 9.59. The first kappa shape index (κ1) is 80.2. The predicted molar refractivity (Wildman–Crippen MR) is 134 cm³/mol. The topological polar surface area (TPSA) is 89.9 Å². The van der Waals surface area contributed by atoms with E-state index in [9.17, 15) is 9.59 Å². The van der Waals surface area contributed by atoms with Crippen molar-refractivity contribution < 1.29 is 29.0 Å². The van der Waals surface area contributed by atoms with Gasteiger partial charge in [0.15, 0.2) is 0 Å². The van der Waals surface area contributed by atoms with Crippen LogP contribution in [-0.4, -0.2) is 62.5 Å². The van der Waals surface area contributed by atoms with E-state index in [0.29, 0.717) is 0 Å². The Bertz CT molecular complexity index is 177. The smallest absolute Gasteiger partial charge is 0.302 e. The van der Waals surface area contributed by atoms with Gasteiger partial charge in [0.1, 0.15) is 0 Å². The maximum Gasteiger partial charge on any atom is 0.302 e. The maximum absolute atomic E-state index is 9.59. The van der Waals surface area contributed by atoms with E-state index in [1.54, 1.807) is 0 Å². The standard InChI is InChI=1S/2C3H6O2.C2H4O2.6C2H6.3B/c2*1-3(4)5-2;1-2(3)4;6*1-2;;;/h2*1-2H3;1H3,(H,3,4);6*1-2H3;;;. The molecular formula is C20H52B3O6. The fourth-order valence-electron chi connectivity index (χ4n) is 0. The van der Waals surface area contributed by atoms with Crippen molar-refractivity contribution >= 4 is 43.1 Å². The van der Waals surface area contributed by atoms with Crippen molar-refractivity contribution in [2.45, 2.75) is 104 Å². The molecule has 0 aromatic heterocycles. The Balaban J connectivity index is -0.0000000115. The molecule has 9 radical (unpaired) electrons. The summed E-state index contributed by atoms with van der Waals surface area (Å²) >= 11 is 0. The molecule has 6 nitrogen and oxygen atoms in total. The minimum Gasteiger partial charge on any atom is -0.481 e. The molecule has 9 heteroatoms. The Morgan fingerprint density at radius 3 is 0.517 bits per heavy atom. The van der Waals surface area contributed by atoms with Gasteiger partial charge in [0.05, 0.1) is 14.2 Å². The zero-order valence-electron chi connectivity index (χ0n) is 22.7. The van der Waals surface area contributed by atoms with Crippen molar-refractivity contribution in [1.82, 2.24) is 0 Å². The molecule has 0 heterocycles. The van der Waals surface area contributed by atoms with Gasteiger partial charge >= 0.3 is 11.9 Å². The Morgan fingerprint density at radius 1 is 0.483 bits per heavy atom. The molecule has 0 amide bonds. The molecule has 0 saturated carbocycles. The summed E-state index contributed by atoms with van der Waals surface area (Å²) in [6, 6.07) is 0. The van der Waals surface area contributed by atoms with Gasteiger partial charge in [-0.05, 0) is 0 Å². The first-order chi connectivity index (χ1) is 12.3. The monoisotopic (exact) mass is 421 g/mol. The summed E-state index contributed by atoms with van der Waals surface area (Å²) in [5, 5.41) is 7.42. The van der Waals surface area contributed by atoms with E-state index in [2.05, 4.69) is 9.47 Å². The predicted octanol–water partition coefficient (Wildman–Crippen LogP) is 5.46. The van der Waals surface area contributed by atoms with Crippen molar-refractivity contribution in [2.75, 3.05) is 14.2 Å². The zero-order chi connectivity index (χ0) is 24.1. The minimum absolute atomic E-state index is 0. The highest BCUT2D eigenvalue weighted by molar-refractivity contribution is 5.76. The van der Waals surface area contributed by atoms with Crippen LogP contribution in [0.15, 0.2) is 0 Å². The van der Waals surface area contributed by atoms with E-state index in [0.717, 1.165) is 6.92 Å². The fraction of sp³-hybridized carbons (Fsp3) is 0.850. The third-order valence-electron chi connectivity index (χ3n) is 0.575. The number of aliphatic carboxylic acids is 1. The number of methoxy groups -OCH3 is 2. The summed E-state index contributed by atoms with van der Waals surface area (Å²) in [6.07, 6.45) is 0. The Labute approximate surface area is 190 Å². The van der Waals surface area contributed by atoms with Crippen LogP contribution in [0, 0.1) is 0 Å². The highest BCUT2D eigenvalue weighted by Crippen LogP contribution is 1.60. The van der Waals surface area contributed by atoms with Crippen LogP contribution in [0.2, 0.25) is 0 Å². The van der Waals surface area contributed by atoms with Crippen LogP contribution in [-0.2, 0) is 23.9 Å². The third kappa shape index (κ3) is 2370. The molecule has 1 N–H and O–H groups in total. The average molecular weight is 421 g/mol. The summed E-state index contributed by atoms with van der Waals surface area (Å²) in [5.41, 5.74) is 0. The first-order valence-corrected chi connectivity index (χ1v) is 9.56. The van der Waals surface area contributed by atoms with Crippen molar-refractivity contribution in [2.24, 2.45) is 0 Å². The summed E-state index contributed by atoms with van der Waals surface area (Å²) in [5.74, 6) is -1.32. The number of carboxylic acid groups (broad SMARTS) is 1. The number of carboxylic acids is 1. The lowest BCUT2D eigenvalue weighted by Gasteiger charge is -1.80. The van der Waals surface area contributed by atoms with Gasteiger partial charge in [-0.1, -0.05) is 83.1 Å². The van der Waals surface area contributed by atoms with Crippen molar-refractivity contribution in [1.29, 1.82) is 0 Å². The van der Waals surface area contributed by atoms with E-state index < -0.39 is 5.97 Å². The number of rotatable bonds is 0. The molecule has 0 bridgehead atoms. The third-order valence-corrected chi connectivity index (χ3v) is 0.575. The Kier molecular flexibility index (Phi) is 523. The van der Waals surface area contributed by atoms with Crippen LogP contribution in [0.5, 0.6) is 0 Å². The van der Waals surface area contributed by atoms with Crippen LogP contribution >= 0.6 is 0 Å². The molecule has 0 rings (SSSR count). The number of hydrogen-bond acceptors (Lipinski definition) is 5. The molecule has 0 aliphatic carbocycles. The Hall–Kier alpha value is -1.40. The van der Waals surface area contributed by atoms with Crippen LogP contribution in [0.3, 0.4) is 0 Å². The van der Waals surface area contributed by atoms with Gasteiger partial charge in [-0.3, -0.25) is 14.4 Å². The lowest BCUT2D eigenvalue weighted by molar-refractivity contribution is -0.138. The summed E-state index contributed by atoms with van der Waals surface area (Å²) in [4.78, 5) is 28.2. The SMILES string of the molecule is CC.CC.CC.CC.CC.CC.CC(=O)O.COC(C)=O.COC(C)=O.[B].[B].[B]. The average Bonchev–Trinajstić information content (AvgIpc) is 2.71. The second kappa shape index (κ2) is 189. The van der Waals surface area contributed by atoms with Crippen molar-refractivity contribution in [3.8, 4) is 0 Å². The zero-order valence-corrected chi connectivity index (χ0v) is 22.7. The van der Waals surface area contributed by atoms with Crippen molar-refractivity contribution in [3.05, 3.63) is 0 Å². The second-order valence-electron chi connectivity index (χ2n) is 1.91. The van der Waals surface area contributed by atoms with Crippen LogP contribution in [0.1, 0.15) is 104 Å². The van der Waals surface area contributed by atoms with Crippen LogP contribution in [0.25, 0.3) is 0 Å². The fourth-order valence-corrected chi connectivity index (χ4v) is 0. The van der Waals surface area contributed by atoms with E-state index in [1.165, 1.54) is 28.1 Å². The molecule has 0 unspecified atom stereocenters. The molecular weight excluding hydrogens is 369 g/mol. The minimum atomic E-state index is -0.833. The summed E-state index contributed by atoms with van der Waals surface area (Å²) in [7, 11) is 2.70. The van der Waals surface area contributed by atoms with E-state index in [-0.39, 0.29) is 37.2 Å². The normalized spacial score (nSPS) is 4.45. The van der Waals surface area contributed by atoms with Gasteiger partial charge in [0.25, 0.3) is 5.97 Å². The molecule has 177 valence electrons. The quantitative estimate of drug-likeness (QED) is 0.413. The molecule has 0 fully saturated rings. The lowest BCUT2D eigenvalue weighted by Crippen LogP contribution is -1.88. The van der Waals surface area contributed by atoms with Gasteiger partial charge in [-0.25, -0.2) is 0 Å². The molecule has 0 atom stereocenters. The first-order valence-electron chi connectivity index (χ1n) is 9.56. The van der Waals surface area contributed by atoms with Gasteiger partial charge in [0, 0.05) is 46.0 Å². The number of carbonyl (C=O) groups excluding carboxylic acids is 2.